The molecule has 1 aromatic heterocycles. The van der Waals surface area contributed by atoms with E-state index >= 15 is 0 Å². The first-order chi connectivity index (χ1) is 9.51. The summed E-state index contributed by atoms with van der Waals surface area (Å²) >= 11 is 0. The molecule has 2 rings (SSSR count). The fourth-order valence-corrected chi connectivity index (χ4v) is 1.96. The number of aryl methyl sites for hydroxylation is 2. The topological polar surface area (TPSA) is 46.9 Å². The molecule has 6 heteroatoms. The number of rotatable bonds is 4. The minimum Gasteiger partial charge on any atom is -0.341 e. The van der Waals surface area contributed by atoms with Crippen molar-refractivity contribution in [1.29, 1.82) is 0 Å². The molecule has 0 spiro atoms. The zero-order valence-corrected chi connectivity index (χ0v) is 11.2. The van der Waals surface area contributed by atoms with Crippen LogP contribution < -0.4 is 5.32 Å². The van der Waals surface area contributed by atoms with Gasteiger partial charge in [0.25, 0.3) is 5.91 Å². The first-order valence-electron chi connectivity index (χ1n) is 6.14. The van der Waals surface area contributed by atoms with Crippen LogP contribution in [0.5, 0.6) is 0 Å². The Morgan fingerprint density at radius 3 is 2.55 bits per heavy atom. The summed E-state index contributed by atoms with van der Waals surface area (Å²) in [7, 11) is 1.64. The molecule has 0 bridgehead atoms. The molecule has 106 valence electrons. The second kappa shape index (κ2) is 5.81. The molecule has 0 aliphatic carbocycles. The van der Waals surface area contributed by atoms with Gasteiger partial charge >= 0.3 is 0 Å². The van der Waals surface area contributed by atoms with Gasteiger partial charge in [0.15, 0.2) is 0 Å². The van der Waals surface area contributed by atoms with Gasteiger partial charge in [-0.15, -0.1) is 0 Å². The molecule has 1 N–H and O–H groups in total. The summed E-state index contributed by atoms with van der Waals surface area (Å²) in [6, 6.07) is 6.19. The van der Waals surface area contributed by atoms with Gasteiger partial charge in [0.05, 0.1) is 11.7 Å². The maximum atomic E-state index is 13.1. The van der Waals surface area contributed by atoms with Crippen LogP contribution in [0.2, 0.25) is 0 Å². The van der Waals surface area contributed by atoms with Gasteiger partial charge in [0, 0.05) is 7.05 Å². The largest absolute Gasteiger partial charge is 0.341 e. The molecule has 0 aliphatic rings. The van der Waals surface area contributed by atoms with Gasteiger partial charge in [0.1, 0.15) is 18.2 Å². The minimum absolute atomic E-state index is 0.350. The molecule has 0 saturated carbocycles. The van der Waals surface area contributed by atoms with Gasteiger partial charge in [-0.05, 0) is 30.7 Å². The third-order valence-electron chi connectivity index (χ3n) is 2.97. The lowest BCUT2D eigenvalue weighted by Crippen LogP contribution is -2.31. The third kappa shape index (κ3) is 3.01. The van der Waals surface area contributed by atoms with E-state index in [2.05, 4.69) is 10.4 Å². The molecular formula is C14H15F2N3O. The van der Waals surface area contributed by atoms with Crippen molar-refractivity contribution in [1.82, 2.24) is 15.1 Å². The molecule has 1 amide bonds. The van der Waals surface area contributed by atoms with Crippen LogP contribution in [0.1, 0.15) is 27.8 Å². The first-order valence-corrected chi connectivity index (χ1v) is 6.14. The van der Waals surface area contributed by atoms with Gasteiger partial charge < -0.3 is 5.32 Å². The van der Waals surface area contributed by atoms with Crippen molar-refractivity contribution in [3.63, 3.8) is 0 Å². The van der Waals surface area contributed by atoms with E-state index in [0.29, 0.717) is 17.0 Å². The lowest BCUT2D eigenvalue weighted by molar-refractivity contribution is 0.0920. The molecule has 2 aromatic rings. The van der Waals surface area contributed by atoms with Crippen LogP contribution in [-0.2, 0) is 7.05 Å². The highest BCUT2D eigenvalue weighted by Gasteiger charge is 2.18. The zero-order valence-electron chi connectivity index (χ0n) is 11.2. The van der Waals surface area contributed by atoms with Crippen LogP contribution in [0.3, 0.4) is 0 Å². The van der Waals surface area contributed by atoms with Crippen molar-refractivity contribution < 1.29 is 13.6 Å². The highest BCUT2D eigenvalue weighted by Crippen LogP contribution is 2.15. The summed E-state index contributed by atoms with van der Waals surface area (Å²) in [4.78, 5) is 12.1. The van der Waals surface area contributed by atoms with E-state index in [0.717, 1.165) is 0 Å². The van der Waals surface area contributed by atoms with E-state index < -0.39 is 24.4 Å². The highest BCUT2D eigenvalue weighted by molar-refractivity contribution is 5.92. The number of carbonyl (C=O) groups is 1. The quantitative estimate of drug-likeness (QED) is 0.933. The van der Waals surface area contributed by atoms with Crippen LogP contribution in [-0.4, -0.2) is 22.4 Å². The Kier molecular flexibility index (Phi) is 4.12. The number of benzene rings is 1. The number of nitrogens with one attached hydrogen (secondary N) is 1. The molecule has 1 heterocycles. The number of hydrogen-bond donors (Lipinski definition) is 1. The van der Waals surface area contributed by atoms with Crippen LogP contribution in [0.25, 0.3) is 0 Å². The number of aromatic nitrogens is 2. The summed E-state index contributed by atoms with van der Waals surface area (Å²) in [5.41, 5.74) is 1.57. The Balaban J connectivity index is 2.16. The summed E-state index contributed by atoms with van der Waals surface area (Å²) in [6.07, 6.45) is 0. The highest BCUT2D eigenvalue weighted by atomic mass is 19.1. The molecule has 0 radical (unpaired) electrons. The number of nitrogens with zero attached hydrogens (tertiary/aromatic N) is 2. The fraction of sp³-hybridized carbons (Fsp3) is 0.286. The van der Waals surface area contributed by atoms with Gasteiger partial charge in [-0.1, -0.05) is 12.1 Å². The Bertz CT molecular complexity index is 607. The Hall–Kier alpha value is -2.24. The number of amides is 1. The van der Waals surface area contributed by atoms with Gasteiger partial charge in [-0.3, -0.25) is 9.48 Å². The third-order valence-corrected chi connectivity index (χ3v) is 2.97. The monoisotopic (exact) mass is 279 g/mol. The van der Waals surface area contributed by atoms with Crippen molar-refractivity contribution in [3.8, 4) is 0 Å². The van der Waals surface area contributed by atoms with Crippen LogP contribution >= 0.6 is 0 Å². The van der Waals surface area contributed by atoms with E-state index in [9.17, 15) is 13.6 Å². The SMILES string of the molecule is Cc1cc(C(=O)N[C@H](CF)c2ccc(F)cc2)n(C)n1. The average molecular weight is 279 g/mol. The summed E-state index contributed by atoms with van der Waals surface area (Å²) < 4.78 is 27.4. The van der Waals surface area contributed by atoms with Gasteiger partial charge in [-0.2, -0.15) is 5.10 Å². The van der Waals surface area contributed by atoms with E-state index in [1.165, 1.54) is 28.9 Å². The van der Waals surface area contributed by atoms with E-state index in [1.807, 2.05) is 0 Å². The fourth-order valence-electron chi connectivity index (χ4n) is 1.96. The Labute approximate surface area is 115 Å². The Morgan fingerprint density at radius 2 is 2.05 bits per heavy atom. The molecule has 0 fully saturated rings. The van der Waals surface area contributed by atoms with Crippen LogP contribution in [0, 0.1) is 12.7 Å². The zero-order chi connectivity index (χ0) is 14.7. The number of halogens is 2. The second-order valence-electron chi connectivity index (χ2n) is 4.53. The molecule has 0 saturated heterocycles. The molecule has 1 aromatic carbocycles. The van der Waals surface area contributed by atoms with Gasteiger partial charge in [-0.25, -0.2) is 8.78 Å². The van der Waals surface area contributed by atoms with Crippen molar-refractivity contribution in [2.45, 2.75) is 13.0 Å². The van der Waals surface area contributed by atoms with E-state index in [4.69, 9.17) is 0 Å². The maximum absolute atomic E-state index is 13.1. The molecule has 20 heavy (non-hydrogen) atoms. The predicted molar refractivity (Wildman–Crippen MR) is 70.5 cm³/mol. The van der Waals surface area contributed by atoms with E-state index in [1.54, 1.807) is 20.0 Å². The molecule has 4 nitrogen and oxygen atoms in total. The molecule has 0 aliphatic heterocycles. The van der Waals surface area contributed by atoms with Crippen molar-refractivity contribution in [2.24, 2.45) is 7.05 Å². The predicted octanol–water partition coefficient (Wildman–Crippen LogP) is 2.31. The lowest BCUT2D eigenvalue weighted by Gasteiger charge is -2.15. The van der Waals surface area contributed by atoms with Crippen molar-refractivity contribution in [2.75, 3.05) is 6.67 Å². The molecule has 0 unspecified atom stereocenters. The van der Waals surface area contributed by atoms with Crippen LogP contribution in [0.15, 0.2) is 30.3 Å². The van der Waals surface area contributed by atoms with E-state index in [-0.39, 0.29) is 0 Å². The minimum atomic E-state index is -0.807. The van der Waals surface area contributed by atoms with Crippen LogP contribution in [0.4, 0.5) is 8.78 Å². The lowest BCUT2D eigenvalue weighted by atomic mass is 10.1. The Morgan fingerprint density at radius 1 is 1.40 bits per heavy atom. The smallest absolute Gasteiger partial charge is 0.270 e. The number of hydrogen-bond acceptors (Lipinski definition) is 2. The van der Waals surface area contributed by atoms with Gasteiger partial charge in [0.2, 0.25) is 0 Å². The standard InChI is InChI=1S/C14H15F2N3O/c1-9-7-13(19(2)18-9)14(20)17-12(8-15)10-3-5-11(16)6-4-10/h3-7,12H,8H2,1-2H3,(H,17,20)/t12-/m1/s1. The molecular weight excluding hydrogens is 264 g/mol. The maximum Gasteiger partial charge on any atom is 0.270 e. The summed E-state index contributed by atoms with van der Waals surface area (Å²) in [5, 5.41) is 6.64. The first kappa shape index (κ1) is 14.2. The summed E-state index contributed by atoms with van der Waals surface area (Å²) in [5.74, 6) is -0.819. The van der Waals surface area contributed by atoms with Crippen molar-refractivity contribution >= 4 is 5.91 Å². The van der Waals surface area contributed by atoms with Crippen molar-refractivity contribution in [3.05, 3.63) is 53.1 Å². The molecule has 1 atom stereocenters. The average Bonchev–Trinajstić information content (AvgIpc) is 2.76. The normalized spacial score (nSPS) is 12.2. The second-order valence-corrected chi connectivity index (χ2v) is 4.53. The number of alkyl halides is 1. The number of carbonyl (C=O) groups excluding carboxylic acids is 1. The summed E-state index contributed by atoms with van der Waals surface area (Å²) in [6.45, 7) is 0.998.